The Labute approximate surface area is 249 Å². The van der Waals surface area contributed by atoms with Gasteiger partial charge in [-0.15, -0.1) is 0 Å². The molecule has 1 aromatic rings. The smallest absolute Gasteiger partial charge is 0.407 e. The van der Waals surface area contributed by atoms with Gasteiger partial charge in [-0.2, -0.15) is 0 Å². The average molecular weight is 602 g/mol. The van der Waals surface area contributed by atoms with E-state index >= 15 is 0 Å². The largest absolute Gasteiger partial charge is 0.445 e. The summed E-state index contributed by atoms with van der Waals surface area (Å²) in [5.74, 6) is -2.12. The molecule has 0 unspecified atom stereocenters. The molecule has 1 aromatic carbocycles. The van der Waals surface area contributed by atoms with Crippen molar-refractivity contribution in [3.05, 3.63) is 42.0 Å². The van der Waals surface area contributed by atoms with Crippen molar-refractivity contribution in [1.82, 2.24) is 26.2 Å². The Morgan fingerprint density at radius 2 is 1.58 bits per heavy atom. The Bertz CT molecular complexity index is 1170. The summed E-state index contributed by atoms with van der Waals surface area (Å²) in [7, 11) is 0. The lowest BCUT2D eigenvalue weighted by atomic mass is 10.1. The molecule has 1 heterocycles. The van der Waals surface area contributed by atoms with Gasteiger partial charge >= 0.3 is 12.1 Å². The highest BCUT2D eigenvalue weighted by atomic mass is 16.5. The maximum absolute atomic E-state index is 13.0. The summed E-state index contributed by atoms with van der Waals surface area (Å²) in [6.07, 6.45) is 4.26. The third-order valence-corrected chi connectivity index (χ3v) is 6.17. The standard InChI is InChI=1S/C28H39N7O8/c1-2-30-28(42)43-18-19-9-11-20(12-10-19)33-26(40)21(7-6-15-31-27(29)41)34-23(37)17-32-22(36)8-4-3-5-16-35-24(38)13-14-25(35)39/h9-14,21H,2-8,15-18H2,1H3,(H,30,42)(H,32,36)(H,33,40)(H,34,37)(H3,29,31,41)/t21-/m0/s1. The van der Waals surface area contributed by atoms with E-state index in [0.29, 0.717) is 43.5 Å². The fraction of sp³-hybridized carbons (Fsp3) is 0.464. The topological polar surface area (TPSA) is 218 Å². The summed E-state index contributed by atoms with van der Waals surface area (Å²) in [4.78, 5) is 84.3. The van der Waals surface area contributed by atoms with Crippen LogP contribution < -0.4 is 32.3 Å². The van der Waals surface area contributed by atoms with Crippen LogP contribution in [0.5, 0.6) is 0 Å². The molecule has 0 saturated heterocycles. The minimum atomic E-state index is -0.967. The van der Waals surface area contributed by atoms with Crippen molar-refractivity contribution >= 4 is 47.3 Å². The monoisotopic (exact) mass is 601 g/mol. The SMILES string of the molecule is CCNC(=O)OCc1ccc(NC(=O)[C@H](CCCNC(N)=O)NC(=O)CNC(=O)CCCCCN2C(=O)C=CC2=O)cc1. The first kappa shape index (κ1) is 34.3. The van der Waals surface area contributed by atoms with Gasteiger partial charge in [0.15, 0.2) is 0 Å². The van der Waals surface area contributed by atoms with Gasteiger partial charge in [0.25, 0.3) is 11.8 Å². The Balaban J connectivity index is 1.79. The summed E-state index contributed by atoms with van der Waals surface area (Å²) in [5, 5.41) is 12.8. The molecule has 0 aliphatic carbocycles. The van der Waals surface area contributed by atoms with E-state index in [1.54, 1.807) is 31.2 Å². The van der Waals surface area contributed by atoms with Gasteiger partial charge in [-0.05, 0) is 50.3 Å². The maximum Gasteiger partial charge on any atom is 0.407 e. The van der Waals surface area contributed by atoms with Gasteiger partial charge in [0, 0.05) is 43.9 Å². The second-order valence-electron chi connectivity index (χ2n) is 9.59. The number of anilines is 1. The van der Waals surface area contributed by atoms with E-state index in [-0.39, 0.29) is 56.8 Å². The van der Waals surface area contributed by atoms with Crippen molar-refractivity contribution in [1.29, 1.82) is 0 Å². The number of urea groups is 1. The number of amides is 8. The summed E-state index contributed by atoms with van der Waals surface area (Å²) < 4.78 is 5.06. The number of carbonyl (C=O) groups is 7. The van der Waals surface area contributed by atoms with Crippen LogP contribution in [0.3, 0.4) is 0 Å². The summed E-state index contributed by atoms with van der Waals surface area (Å²) in [6.45, 7) is 2.40. The number of hydrogen-bond donors (Lipinski definition) is 6. The molecule has 0 bridgehead atoms. The minimum absolute atomic E-state index is 0.0513. The van der Waals surface area contributed by atoms with Gasteiger partial charge in [-0.25, -0.2) is 9.59 Å². The molecular formula is C28H39N7O8. The Morgan fingerprint density at radius 1 is 0.884 bits per heavy atom. The Morgan fingerprint density at radius 3 is 2.23 bits per heavy atom. The van der Waals surface area contributed by atoms with Crippen LogP contribution in [-0.4, -0.2) is 78.8 Å². The number of rotatable bonds is 18. The van der Waals surface area contributed by atoms with Crippen LogP contribution in [0, 0.1) is 0 Å². The van der Waals surface area contributed by atoms with Gasteiger partial charge in [0.2, 0.25) is 17.7 Å². The van der Waals surface area contributed by atoms with Crippen LogP contribution in [-0.2, 0) is 35.3 Å². The molecule has 8 amide bonds. The van der Waals surface area contributed by atoms with E-state index in [1.165, 1.54) is 12.2 Å². The summed E-state index contributed by atoms with van der Waals surface area (Å²) in [6, 6.07) is 4.93. The number of nitrogens with zero attached hydrogens (tertiary/aromatic N) is 1. The molecule has 1 aliphatic heterocycles. The highest BCUT2D eigenvalue weighted by Gasteiger charge is 2.23. The number of alkyl carbamates (subject to hydrolysis) is 1. The van der Waals surface area contributed by atoms with Gasteiger partial charge in [0.05, 0.1) is 6.54 Å². The molecule has 0 saturated carbocycles. The predicted octanol–water partition coefficient (Wildman–Crippen LogP) is 0.406. The zero-order valence-corrected chi connectivity index (χ0v) is 24.1. The molecule has 15 nitrogen and oxygen atoms in total. The zero-order valence-electron chi connectivity index (χ0n) is 24.1. The van der Waals surface area contributed by atoms with Gasteiger partial charge in [0.1, 0.15) is 12.6 Å². The summed E-state index contributed by atoms with van der Waals surface area (Å²) >= 11 is 0. The van der Waals surface area contributed by atoms with Crippen LogP contribution >= 0.6 is 0 Å². The maximum atomic E-state index is 13.0. The van der Waals surface area contributed by atoms with Crippen molar-refractivity contribution in [3.63, 3.8) is 0 Å². The number of unbranched alkanes of at least 4 members (excludes halogenated alkanes) is 2. The van der Waals surface area contributed by atoms with Crippen LogP contribution in [0.4, 0.5) is 15.3 Å². The number of primary amides is 1. The number of ether oxygens (including phenoxy) is 1. The van der Waals surface area contributed by atoms with E-state index in [9.17, 15) is 33.6 Å². The predicted molar refractivity (Wildman–Crippen MR) is 155 cm³/mol. The number of nitrogens with one attached hydrogen (secondary N) is 5. The highest BCUT2D eigenvalue weighted by molar-refractivity contribution is 6.12. The highest BCUT2D eigenvalue weighted by Crippen LogP contribution is 2.12. The van der Waals surface area contributed by atoms with Crippen LogP contribution in [0.2, 0.25) is 0 Å². The number of benzene rings is 1. The van der Waals surface area contributed by atoms with Crippen molar-refractivity contribution in [3.8, 4) is 0 Å². The molecular weight excluding hydrogens is 562 g/mol. The number of carbonyl (C=O) groups excluding carboxylic acids is 7. The van der Waals surface area contributed by atoms with E-state index in [4.69, 9.17) is 10.5 Å². The van der Waals surface area contributed by atoms with Gasteiger partial charge < -0.3 is 37.1 Å². The lowest BCUT2D eigenvalue weighted by Crippen LogP contribution is -2.47. The van der Waals surface area contributed by atoms with Gasteiger partial charge in [-0.1, -0.05) is 18.6 Å². The molecule has 0 fully saturated rings. The lowest BCUT2D eigenvalue weighted by Gasteiger charge is -2.19. The van der Waals surface area contributed by atoms with E-state index in [2.05, 4.69) is 26.6 Å². The van der Waals surface area contributed by atoms with E-state index < -0.39 is 30.0 Å². The third-order valence-electron chi connectivity index (χ3n) is 6.17. The van der Waals surface area contributed by atoms with E-state index in [0.717, 1.165) is 4.90 Å². The van der Waals surface area contributed by atoms with Crippen molar-refractivity contribution in [2.75, 3.05) is 31.5 Å². The first-order valence-electron chi connectivity index (χ1n) is 14.0. The Hall–Kier alpha value is -4.95. The first-order valence-corrected chi connectivity index (χ1v) is 14.0. The van der Waals surface area contributed by atoms with Crippen molar-refractivity contribution in [2.24, 2.45) is 5.73 Å². The quantitative estimate of drug-likeness (QED) is 0.102. The number of nitrogens with two attached hydrogens (primary N) is 1. The molecule has 7 N–H and O–H groups in total. The molecule has 2 rings (SSSR count). The molecule has 0 aromatic heterocycles. The van der Waals surface area contributed by atoms with Crippen LogP contribution in [0.1, 0.15) is 51.0 Å². The average Bonchev–Trinajstić information content (AvgIpc) is 3.29. The normalized spacial score (nSPS) is 12.8. The fourth-order valence-electron chi connectivity index (χ4n) is 3.94. The van der Waals surface area contributed by atoms with Crippen LogP contribution in [0.25, 0.3) is 0 Å². The lowest BCUT2D eigenvalue weighted by molar-refractivity contribution is -0.137. The zero-order chi connectivity index (χ0) is 31.6. The number of hydrogen-bond acceptors (Lipinski definition) is 8. The van der Waals surface area contributed by atoms with Gasteiger partial charge in [-0.3, -0.25) is 28.9 Å². The van der Waals surface area contributed by atoms with E-state index in [1.807, 2.05) is 0 Å². The molecule has 1 aliphatic rings. The first-order chi connectivity index (χ1) is 20.6. The molecule has 0 spiro atoms. The summed E-state index contributed by atoms with van der Waals surface area (Å²) in [5.41, 5.74) is 6.23. The number of imide groups is 1. The molecule has 0 radical (unpaired) electrons. The molecule has 43 heavy (non-hydrogen) atoms. The molecule has 234 valence electrons. The van der Waals surface area contributed by atoms with Crippen molar-refractivity contribution < 1.29 is 38.3 Å². The third kappa shape index (κ3) is 13.5. The fourth-order valence-corrected chi connectivity index (χ4v) is 3.94. The second-order valence-corrected chi connectivity index (χ2v) is 9.59. The second kappa shape index (κ2) is 18.5. The Kier molecular flexibility index (Phi) is 14.7. The molecule has 1 atom stereocenters. The van der Waals surface area contributed by atoms with Crippen LogP contribution in [0.15, 0.2) is 36.4 Å². The van der Waals surface area contributed by atoms with Crippen molar-refractivity contribution in [2.45, 2.75) is 58.1 Å². The molecule has 15 heteroatoms. The minimum Gasteiger partial charge on any atom is -0.445 e.